The third kappa shape index (κ3) is 3.65. The topological polar surface area (TPSA) is 191 Å². The normalized spacial score (nSPS) is 16.5. The molecule has 0 spiro atoms. The summed E-state index contributed by atoms with van der Waals surface area (Å²) in [4.78, 5) is -1.24. The van der Waals surface area contributed by atoms with Crippen molar-refractivity contribution in [1.82, 2.24) is 0 Å². The van der Waals surface area contributed by atoms with Crippen molar-refractivity contribution >= 4 is 43.4 Å². The van der Waals surface area contributed by atoms with Gasteiger partial charge in [0.15, 0.2) is 5.76 Å². The number of hydrogen-bond acceptors (Lipinski definition) is 11. The molecule has 1 aliphatic rings. The van der Waals surface area contributed by atoms with Crippen LogP contribution in [0.1, 0.15) is 11.1 Å². The molecule has 14 heteroatoms. The molecule has 0 amide bonds. The Balaban J connectivity index is 2.19. The van der Waals surface area contributed by atoms with Crippen molar-refractivity contribution in [3.05, 3.63) is 57.9 Å². The monoisotopic (exact) mass is 430 g/mol. The molecule has 0 bridgehead atoms. The average molecular weight is 430 g/mol. The zero-order valence-corrected chi connectivity index (χ0v) is 15.1. The smallest absolute Gasteiger partial charge is 0.340 e. The maximum absolute atomic E-state index is 12.1. The van der Waals surface area contributed by atoms with E-state index in [2.05, 4.69) is 0 Å². The van der Waals surface area contributed by atoms with E-state index in [0.29, 0.717) is 0 Å². The number of rotatable bonds is 4. The third-order valence-corrected chi connectivity index (χ3v) is 5.89. The molecule has 2 aromatic carbocycles. The van der Waals surface area contributed by atoms with Crippen molar-refractivity contribution in [2.45, 2.75) is 9.79 Å². The van der Waals surface area contributed by atoms with E-state index in [-0.39, 0.29) is 22.1 Å². The Bertz CT molecular complexity index is 1190. The van der Waals surface area contributed by atoms with Crippen LogP contribution in [0.25, 0.3) is 11.8 Å². The van der Waals surface area contributed by atoms with E-state index < -0.39 is 46.6 Å². The molecule has 12 nitrogen and oxygen atoms in total. The lowest BCUT2D eigenvalue weighted by Crippen LogP contribution is -2.12. The van der Waals surface area contributed by atoms with E-state index in [1.54, 1.807) is 0 Å². The maximum atomic E-state index is 12.1. The molecular formula is C14H10N2O10S2-2. The highest BCUT2D eigenvalue weighted by atomic mass is 32.2. The van der Waals surface area contributed by atoms with Crippen LogP contribution >= 0.6 is 0 Å². The molecular weight excluding hydrogens is 420 g/mol. The summed E-state index contributed by atoms with van der Waals surface area (Å²) in [5, 5.41) is 38.5. The quantitative estimate of drug-likeness (QED) is 0.360. The molecule has 3 N–H and O–H groups in total. The van der Waals surface area contributed by atoms with E-state index in [4.69, 9.17) is 14.6 Å². The fraction of sp³-hybridized carbons (Fsp3) is 0. The third-order valence-electron chi connectivity index (χ3n) is 3.70. The summed E-state index contributed by atoms with van der Waals surface area (Å²) in [5.41, 5.74) is -1.17. The zero-order chi connectivity index (χ0) is 20.9. The van der Waals surface area contributed by atoms with Gasteiger partial charge in [0.25, 0.3) is 10.1 Å². The van der Waals surface area contributed by atoms with E-state index >= 15 is 0 Å². The predicted molar refractivity (Wildman–Crippen MR) is 94.1 cm³/mol. The lowest BCUT2D eigenvalue weighted by molar-refractivity contribution is 0.0290. The van der Waals surface area contributed by atoms with Crippen LogP contribution in [0.3, 0.4) is 0 Å². The van der Waals surface area contributed by atoms with Gasteiger partial charge in [-0.2, -0.15) is 16.8 Å². The summed E-state index contributed by atoms with van der Waals surface area (Å²) in [7, 11) is -9.22. The van der Waals surface area contributed by atoms with E-state index in [9.17, 15) is 31.8 Å². The summed E-state index contributed by atoms with van der Waals surface area (Å²) in [6.07, 6.45) is 0.973. The van der Waals surface area contributed by atoms with Crippen LogP contribution in [0.15, 0.2) is 46.2 Å². The summed E-state index contributed by atoms with van der Waals surface area (Å²) >= 11 is 0. The highest BCUT2D eigenvalue weighted by molar-refractivity contribution is 7.87. The molecule has 0 radical (unpaired) electrons. The minimum absolute atomic E-state index is 0.0538. The number of anilines is 2. The molecule has 0 atom stereocenters. The number of nitrogens with zero attached hydrogens (tertiary/aromatic N) is 2. The minimum atomic E-state index is -4.84. The number of hydrogen-bond donors (Lipinski definition) is 3. The van der Waals surface area contributed by atoms with Gasteiger partial charge < -0.3 is 19.8 Å². The molecule has 0 fully saturated rings. The van der Waals surface area contributed by atoms with Crippen molar-refractivity contribution in [2.24, 2.45) is 0 Å². The fourth-order valence-electron chi connectivity index (χ4n) is 2.48. The van der Waals surface area contributed by atoms with Crippen LogP contribution < -0.4 is 10.5 Å². The number of benzene rings is 2. The zero-order valence-electron chi connectivity index (χ0n) is 13.5. The van der Waals surface area contributed by atoms with E-state index in [1.165, 1.54) is 0 Å². The second kappa shape index (κ2) is 6.71. The Kier molecular flexibility index (Phi) is 4.80. The van der Waals surface area contributed by atoms with Crippen LogP contribution in [-0.2, 0) is 24.4 Å². The van der Waals surface area contributed by atoms with E-state index in [1.807, 2.05) is 0 Å². The summed E-state index contributed by atoms with van der Waals surface area (Å²) in [5.74, 6) is -0.340. The van der Waals surface area contributed by atoms with Gasteiger partial charge in [-0.1, -0.05) is 6.07 Å². The molecule has 0 saturated heterocycles. The van der Waals surface area contributed by atoms with Gasteiger partial charge in [0.05, 0.1) is 5.69 Å². The predicted octanol–water partition coefficient (Wildman–Crippen LogP) is 1.54. The van der Waals surface area contributed by atoms with Gasteiger partial charge in [0, 0.05) is 11.3 Å². The van der Waals surface area contributed by atoms with Crippen molar-refractivity contribution in [1.29, 1.82) is 0 Å². The molecule has 1 heterocycles. The molecule has 2 aromatic rings. The lowest BCUT2D eigenvalue weighted by atomic mass is 10.1. The van der Waals surface area contributed by atoms with Crippen LogP contribution in [-0.4, -0.2) is 31.8 Å². The standard InChI is InChI=1S/C14H10N2O10S2/c17-15(18)9-2-1-8(13(6-9)27(21,22)23)5-12-11-4-3-10(16(19)20)7-14(11)28(24,25)26-12/h1-7,17-18H,(H,21,22,23)/q-2. The second-order valence-corrected chi connectivity index (χ2v) is 8.37. The summed E-state index contributed by atoms with van der Waals surface area (Å²) in [6.45, 7) is 0. The Morgan fingerprint density at radius 2 is 1.68 bits per heavy atom. The number of fused-ring (bicyclic) bond motifs is 1. The Morgan fingerprint density at radius 1 is 1.04 bits per heavy atom. The van der Waals surface area contributed by atoms with Crippen LogP contribution in [0.2, 0.25) is 0 Å². The van der Waals surface area contributed by atoms with Gasteiger partial charge in [-0.15, -0.1) is 5.23 Å². The molecule has 0 aromatic heterocycles. The highest BCUT2D eigenvalue weighted by Crippen LogP contribution is 2.39. The SMILES string of the molecule is O=S(=O)(O)c1cc(N(O)O)ccc1C=C1OS(=O)(=O)c2cc(N([O-])[O-])ccc21. The maximum Gasteiger partial charge on any atom is 0.340 e. The van der Waals surface area contributed by atoms with Crippen molar-refractivity contribution in [3.63, 3.8) is 0 Å². The van der Waals surface area contributed by atoms with Gasteiger partial charge in [-0.25, -0.2) is 0 Å². The molecule has 0 aliphatic carbocycles. The fourth-order valence-corrected chi connectivity index (χ4v) is 4.34. The molecule has 150 valence electrons. The molecule has 3 rings (SSSR count). The second-order valence-electron chi connectivity index (χ2n) is 5.47. The van der Waals surface area contributed by atoms with Gasteiger partial charge in [-0.05, 0) is 42.0 Å². The Morgan fingerprint density at radius 3 is 2.25 bits per heavy atom. The van der Waals surface area contributed by atoms with Crippen LogP contribution in [0.5, 0.6) is 0 Å². The Hall–Kier alpha value is -2.72. The molecule has 0 saturated carbocycles. The summed E-state index contributed by atoms with van der Waals surface area (Å²) in [6, 6.07) is 5.81. The molecule has 28 heavy (non-hydrogen) atoms. The average Bonchev–Trinajstić information content (AvgIpc) is 2.84. The Labute approximate surface area is 158 Å². The van der Waals surface area contributed by atoms with Gasteiger partial charge in [0.2, 0.25) is 0 Å². The van der Waals surface area contributed by atoms with Crippen molar-refractivity contribution in [2.75, 3.05) is 10.5 Å². The first-order valence-corrected chi connectivity index (χ1v) is 9.99. The van der Waals surface area contributed by atoms with Crippen molar-refractivity contribution in [3.8, 4) is 0 Å². The molecule has 1 aliphatic heterocycles. The highest BCUT2D eigenvalue weighted by Gasteiger charge is 2.33. The van der Waals surface area contributed by atoms with Gasteiger partial charge in [-0.3, -0.25) is 15.0 Å². The first-order valence-electron chi connectivity index (χ1n) is 7.14. The minimum Gasteiger partial charge on any atom is -0.769 e. The molecule has 0 unspecified atom stereocenters. The largest absolute Gasteiger partial charge is 0.769 e. The van der Waals surface area contributed by atoms with Gasteiger partial charge >= 0.3 is 10.1 Å². The lowest BCUT2D eigenvalue weighted by Gasteiger charge is -2.37. The van der Waals surface area contributed by atoms with Crippen LogP contribution in [0, 0.1) is 10.4 Å². The van der Waals surface area contributed by atoms with Crippen LogP contribution in [0.4, 0.5) is 11.4 Å². The van der Waals surface area contributed by atoms with E-state index in [0.717, 1.165) is 42.5 Å². The first-order chi connectivity index (χ1) is 12.9. The first kappa shape index (κ1) is 20.0. The summed E-state index contributed by atoms with van der Waals surface area (Å²) < 4.78 is 61.7. The van der Waals surface area contributed by atoms with Gasteiger partial charge in [0.1, 0.15) is 9.79 Å². The van der Waals surface area contributed by atoms with Crippen molar-refractivity contribution < 1.29 is 36.0 Å².